The third-order valence-corrected chi connectivity index (χ3v) is 3.73. The van der Waals surface area contributed by atoms with E-state index in [-0.39, 0.29) is 5.91 Å². The average molecular weight is 266 g/mol. The van der Waals surface area contributed by atoms with E-state index >= 15 is 0 Å². The van der Waals surface area contributed by atoms with Crippen LogP contribution >= 0.6 is 11.3 Å². The smallest absolute Gasteiger partial charge is 0.257 e. The van der Waals surface area contributed by atoms with Gasteiger partial charge in [0.2, 0.25) is 0 Å². The molecule has 1 atom stereocenters. The molecule has 0 aliphatic rings. The maximum Gasteiger partial charge on any atom is 0.257 e. The number of carbonyl (C=O) groups is 1. The lowest BCUT2D eigenvalue weighted by atomic mass is 10.2. The van der Waals surface area contributed by atoms with Crippen LogP contribution in [0.2, 0.25) is 0 Å². The Bertz CT molecular complexity index is 535. The highest BCUT2D eigenvalue weighted by molar-refractivity contribution is 7.84. The third kappa shape index (κ3) is 2.98. The molecule has 0 saturated carbocycles. The maximum absolute atomic E-state index is 11.8. The van der Waals surface area contributed by atoms with E-state index in [4.69, 9.17) is 0 Å². The molecule has 0 spiro atoms. The van der Waals surface area contributed by atoms with Crippen LogP contribution in [0.4, 0.5) is 5.13 Å². The Morgan fingerprint density at radius 3 is 2.59 bits per heavy atom. The van der Waals surface area contributed by atoms with Crippen molar-refractivity contribution in [3.05, 3.63) is 41.4 Å². The lowest BCUT2D eigenvalue weighted by Crippen LogP contribution is -2.11. The Balaban J connectivity index is 2.12. The molecule has 1 aromatic heterocycles. The Kier molecular flexibility index (Phi) is 3.65. The van der Waals surface area contributed by atoms with Crippen LogP contribution in [0.3, 0.4) is 0 Å². The molecule has 1 N–H and O–H groups in total. The van der Waals surface area contributed by atoms with E-state index in [1.54, 1.807) is 42.1 Å². The van der Waals surface area contributed by atoms with Crippen LogP contribution in [0.1, 0.15) is 10.4 Å². The predicted molar refractivity (Wildman–Crippen MR) is 68.8 cm³/mol. The normalized spacial score (nSPS) is 12.1. The minimum atomic E-state index is -1.02. The van der Waals surface area contributed by atoms with E-state index < -0.39 is 10.8 Å². The molecule has 1 aromatic carbocycles. The zero-order valence-electron chi connectivity index (χ0n) is 9.04. The molecule has 2 aromatic rings. The van der Waals surface area contributed by atoms with Gasteiger partial charge in [0.15, 0.2) is 5.13 Å². The molecule has 2 rings (SSSR count). The van der Waals surface area contributed by atoms with Crippen LogP contribution < -0.4 is 5.32 Å². The molecule has 4 nitrogen and oxygen atoms in total. The number of carbonyl (C=O) groups excluding carboxylic acids is 1. The number of nitrogens with one attached hydrogen (secondary N) is 1. The summed E-state index contributed by atoms with van der Waals surface area (Å²) in [5.41, 5.74) is 0.523. The topological polar surface area (TPSA) is 59.1 Å². The molecule has 17 heavy (non-hydrogen) atoms. The molecule has 1 unspecified atom stereocenters. The van der Waals surface area contributed by atoms with Crippen LogP contribution in [0, 0.1) is 0 Å². The molecule has 0 radical (unpaired) electrons. The quantitative estimate of drug-likeness (QED) is 0.926. The number of amides is 1. The minimum Gasteiger partial charge on any atom is -0.298 e. The van der Waals surface area contributed by atoms with Gasteiger partial charge >= 0.3 is 0 Å². The van der Waals surface area contributed by atoms with Crippen LogP contribution in [0.5, 0.6) is 0 Å². The number of hydrogen-bond acceptors (Lipinski definition) is 4. The Hall–Kier alpha value is -1.53. The van der Waals surface area contributed by atoms with Crippen molar-refractivity contribution in [1.29, 1.82) is 0 Å². The first-order valence-electron chi connectivity index (χ1n) is 4.81. The lowest BCUT2D eigenvalue weighted by Gasteiger charge is -2.02. The minimum absolute atomic E-state index is 0.214. The fraction of sp³-hybridized carbons (Fsp3) is 0.0909. The molecular weight excluding hydrogens is 256 g/mol. The molecular formula is C11H10N2O2S2. The van der Waals surface area contributed by atoms with E-state index in [9.17, 15) is 9.00 Å². The van der Waals surface area contributed by atoms with E-state index in [2.05, 4.69) is 10.3 Å². The van der Waals surface area contributed by atoms with Crippen LogP contribution in [-0.2, 0) is 10.8 Å². The van der Waals surface area contributed by atoms with Gasteiger partial charge in [0.25, 0.3) is 5.91 Å². The maximum atomic E-state index is 11.8. The third-order valence-electron chi connectivity index (χ3n) is 2.10. The van der Waals surface area contributed by atoms with Gasteiger partial charge in [0.1, 0.15) is 0 Å². The Morgan fingerprint density at radius 2 is 2.06 bits per heavy atom. The van der Waals surface area contributed by atoms with E-state index in [1.807, 2.05) is 0 Å². The number of benzene rings is 1. The highest BCUT2D eigenvalue weighted by Gasteiger charge is 2.07. The van der Waals surface area contributed by atoms with E-state index in [0.29, 0.717) is 15.6 Å². The van der Waals surface area contributed by atoms with Gasteiger partial charge < -0.3 is 0 Å². The van der Waals surface area contributed by atoms with Gasteiger partial charge in [-0.15, -0.1) is 11.3 Å². The number of anilines is 1. The van der Waals surface area contributed by atoms with E-state index in [1.165, 1.54) is 11.3 Å². The number of rotatable bonds is 3. The second kappa shape index (κ2) is 5.20. The van der Waals surface area contributed by atoms with Crippen molar-refractivity contribution in [2.24, 2.45) is 0 Å². The number of nitrogens with zero attached hydrogens (tertiary/aromatic N) is 1. The van der Waals surface area contributed by atoms with Crippen molar-refractivity contribution in [2.75, 3.05) is 11.6 Å². The van der Waals surface area contributed by atoms with Crippen molar-refractivity contribution in [3.63, 3.8) is 0 Å². The van der Waals surface area contributed by atoms with Crippen molar-refractivity contribution >= 4 is 33.2 Å². The largest absolute Gasteiger partial charge is 0.298 e. The molecule has 0 bridgehead atoms. The van der Waals surface area contributed by atoms with Gasteiger partial charge in [0.05, 0.1) is 0 Å². The zero-order valence-corrected chi connectivity index (χ0v) is 10.7. The summed E-state index contributed by atoms with van der Waals surface area (Å²) in [5, 5.41) is 5.04. The van der Waals surface area contributed by atoms with Crippen molar-refractivity contribution in [2.45, 2.75) is 4.90 Å². The van der Waals surface area contributed by atoms with Crippen molar-refractivity contribution in [1.82, 2.24) is 4.98 Å². The molecule has 0 saturated heterocycles. The highest BCUT2D eigenvalue weighted by Crippen LogP contribution is 2.13. The van der Waals surface area contributed by atoms with Gasteiger partial charge in [0, 0.05) is 39.1 Å². The average Bonchev–Trinajstić information content (AvgIpc) is 2.82. The summed E-state index contributed by atoms with van der Waals surface area (Å²) in [5.74, 6) is -0.214. The molecule has 0 aliphatic carbocycles. The molecule has 88 valence electrons. The number of hydrogen-bond donors (Lipinski definition) is 1. The summed E-state index contributed by atoms with van der Waals surface area (Å²) in [6.45, 7) is 0. The monoisotopic (exact) mass is 266 g/mol. The van der Waals surface area contributed by atoms with E-state index in [0.717, 1.165) is 0 Å². The number of thiazole rings is 1. The van der Waals surface area contributed by atoms with Crippen LogP contribution in [0.25, 0.3) is 0 Å². The van der Waals surface area contributed by atoms with Gasteiger partial charge in [-0.1, -0.05) is 0 Å². The zero-order chi connectivity index (χ0) is 12.3. The van der Waals surface area contributed by atoms with Gasteiger partial charge in [-0.3, -0.25) is 14.3 Å². The summed E-state index contributed by atoms with van der Waals surface area (Å²) >= 11 is 1.36. The molecule has 6 heteroatoms. The van der Waals surface area contributed by atoms with Gasteiger partial charge in [-0.2, -0.15) is 0 Å². The van der Waals surface area contributed by atoms with Gasteiger partial charge in [-0.25, -0.2) is 4.98 Å². The fourth-order valence-corrected chi connectivity index (χ4v) is 2.30. The lowest BCUT2D eigenvalue weighted by molar-refractivity contribution is 0.102. The molecule has 0 aliphatic heterocycles. The van der Waals surface area contributed by atoms with Gasteiger partial charge in [-0.05, 0) is 24.3 Å². The summed E-state index contributed by atoms with van der Waals surface area (Å²) in [7, 11) is -1.02. The van der Waals surface area contributed by atoms with Crippen LogP contribution in [-0.4, -0.2) is 21.4 Å². The van der Waals surface area contributed by atoms with Crippen LogP contribution in [0.15, 0.2) is 40.7 Å². The second-order valence-corrected chi connectivity index (χ2v) is 5.54. The first kappa shape index (κ1) is 11.9. The summed E-state index contributed by atoms with van der Waals surface area (Å²) < 4.78 is 11.2. The standard InChI is InChI=1S/C11H10N2O2S2/c1-17(15)9-4-2-8(3-5-9)10(14)13-11-12-6-7-16-11/h2-7H,1H3,(H,12,13,14). The Labute approximate surface area is 105 Å². The summed E-state index contributed by atoms with van der Waals surface area (Å²) in [6.07, 6.45) is 3.23. The van der Waals surface area contributed by atoms with Crippen molar-refractivity contribution < 1.29 is 9.00 Å². The molecule has 1 heterocycles. The summed E-state index contributed by atoms with van der Waals surface area (Å²) in [6, 6.07) is 6.68. The SMILES string of the molecule is CS(=O)c1ccc(C(=O)Nc2nccs2)cc1. The Morgan fingerprint density at radius 1 is 1.35 bits per heavy atom. The first-order valence-corrected chi connectivity index (χ1v) is 7.25. The molecule has 1 amide bonds. The summed E-state index contributed by atoms with van der Waals surface area (Å²) in [4.78, 5) is 16.4. The number of aromatic nitrogens is 1. The fourth-order valence-electron chi connectivity index (χ4n) is 1.25. The second-order valence-electron chi connectivity index (χ2n) is 3.27. The highest BCUT2D eigenvalue weighted by atomic mass is 32.2. The first-order chi connectivity index (χ1) is 8.16. The molecule has 0 fully saturated rings. The predicted octanol–water partition coefficient (Wildman–Crippen LogP) is 2.13. The van der Waals surface area contributed by atoms with Crippen molar-refractivity contribution in [3.8, 4) is 0 Å².